The quantitative estimate of drug-likeness (QED) is 0.375. The van der Waals surface area contributed by atoms with Crippen molar-refractivity contribution in [3.63, 3.8) is 0 Å². The van der Waals surface area contributed by atoms with Crippen LogP contribution in [0.4, 0.5) is 0 Å². The molecule has 1 aliphatic carbocycles. The molecule has 192 valence electrons. The second kappa shape index (κ2) is 9.85. The zero-order valence-corrected chi connectivity index (χ0v) is 22.9. The number of halogens is 1. The van der Waals surface area contributed by atoms with E-state index in [2.05, 4.69) is 37.8 Å². The number of rotatable bonds is 8. The van der Waals surface area contributed by atoms with Gasteiger partial charge in [-0.1, -0.05) is 19.1 Å². The summed E-state index contributed by atoms with van der Waals surface area (Å²) in [6.45, 7) is 4.12. The lowest BCUT2D eigenvalue weighted by molar-refractivity contribution is -0.138. The molecule has 0 unspecified atom stereocenters. The normalized spacial score (nSPS) is 21.9. The van der Waals surface area contributed by atoms with E-state index in [0.717, 1.165) is 34.4 Å². The van der Waals surface area contributed by atoms with Crippen molar-refractivity contribution in [1.82, 2.24) is 19.9 Å². The van der Waals surface area contributed by atoms with E-state index in [1.54, 1.807) is 19.5 Å². The molecule has 2 aromatic heterocycles. The Morgan fingerprint density at radius 3 is 2.51 bits per heavy atom. The van der Waals surface area contributed by atoms with Gasteiger partial charge < -0.3 is 14.4 Å². The molecule has 2 aliphatic rings. The number of Topliss-reactive ketones (excluding diaryl/α,β-unsaturated/α-hetero) is 1. The molecule has 0 bridgehead atoms. The molecule has 2 fully saturated rings. The smallest absolute Gasteiger partial charge is 0.316 e. The highest BCUT2D eigenvalue weighted by Gasteiger charge is 2.64. The van der Waals surface area contributed by atoms with Crippen LogP contribution in [0.5, 0.6) is 11.8 Å². The summed E-state index contributed by atoms with van der Waals surface area (Å²) in [6, 6.07) is 9.45. The Bertz CT molecular complexity index is 1360. The number of hydrogen-bond donors (Lipinski definition) is 0. The predicted octanol–water partition coefficient (Wildman–Crippen LogP) is 4.36. The van der Waals surface area contributed by atoms with Crippen molar-refractivity contribution in [2.75, 3.05) is 14.2 Å². The van der Waals surface area contributed by atoms with Gasteiger partial charge in [-0.3, -0.25) is 9.59 Å². The number of carbonyl (C=O) groups excluding carboxylic acids is 2. The topological polar surface area (TPSA) is 94.5 Å². The summed E-state index contributed by atoms with van der Waals surface area (Å²) in [6.07, 6.45) is 5.37. The molecule has 0 radical (unpaired) electrons. The monoisotopic (exact) mass is 564 g/mol. The number of pyridine rings is 1. The van der Waals surface area contributed by atoms with Crippen molar-refractivity contribution in [2.24, 2.45) is 5.41 Å². The van der Waals surface area contributed by atoms with Crippen LogP contribution in [-0.4, -0.2) is 57.8 Å². The number of fused-ring (bicyclic) bond motifs is 1. The highest BCUT2D eigenvalue weighted by molar-refractivity contribution is 9.10. The Morgan fingerprint density at radius 1 is 1.05 bits per heavy atom. The minimum Gasteiger partial charge on any atom is -0.497 e. The third kappa shape index (κ3) is 5.09. The molecule has 3 heterocycles. The van der Waals surface area contributed by atoms with Crippen LogP contribution in [0.3, 0.4) is 0 Å². The van der Waals surface area contributed by atoms with Gasteiger partial charge in [-0.15, -0.1) is 0 Å². The Morgan fingerprint density at radius 2 is 1.81 bits per heavy atom. The van der Waals surface area contributed by atoms with Crippen LogP contribution in [-0.2, 0) is 22.4 Å². The van der Waals surface area contributed by atoms with Crippen molar-refractivity contribution in [2.45, 2.75) is 51.6 Å². The molecule has 1 amide bonds. The van der Waals surface area contributed by atoms with Crippen molar-refractivity contribution >= 4 is 27.6 Å². The number of benzene rings is 1. The lowest BCUT2D eigenvalue weighted by Crippen LogP contribution is -2.44. The number of likely N-dealkylation sites (tertiary alicyclic amines) is 1. The molecule has 0 N–H and O–H groups in total. The first-order valence-electron chi connectivity index (χ1n) is 12.2. The maximum atomic E-state index is 13.7. The van der Waals surface area contributed by atoms with Gasteiger partial charge in [0.05, 0.1) is 38.8 Å². The average molecular weight is 565 g/mol. The molecule has 9 heteroatoms. The second-order valence-electron chi connectivity index (χ2n) is 10.1. The van der Waals surface area contributed by atoms with Crippen molar-refractivity contribution < 1.29 is 19.1 Å². The second-order valence-corrected chi connectivity index (χ2v) is 11.0. The molecule has 1 aliphatic heterocycles. The van der Waals surface area contributed by atoms with E-state index < -0.39 is 6.04 Å². The summed E-state index contributed by atoms with van der Waals surface area (Å²) in [5, 5.41) is 0. The first-order valence-corrected chi connectivity index (χ1v) is 13.0. The number of nitrogens with zero attached hydrogens (tertiary/aromatic N) is 4. The fourth-order valence-electron chi connectivity index (χ4n) is 5.30. The predicted molar refractivity (Wildman–Crippen MR) is 141 cm³/mol. The summed E-state index contributed by atoms with van der Waals surface area (Å²) < 4.78 is 11.3. The number of amides is 1. The van der Waals surface area contributed by atoms with Gasteiger partial charge in [0.25, 0.3) is 0 Å². The van der Waals surface area contributed by atoms with Gasteiger partial charge in [0.2, 0.25) is 5.91 Å². The molecule has 0 spiro atoms. The molecular weight excluding hydrogens is 536 g/mol. The zero-order chi connectivity index (χ0) is 26.3. The van der Waals surface area contributed by atoms with Gasteiger partial charge >= 0.3 is 6.01 Å². The number of aryl methyl sites for hydroxylation is 1. The number of piperidine rings is 1. The van der Waals surface area contributed by atoms with Crippen LogP contribution in [0.2, 0.25) is 0 Å². The van der Waals surface area contributed by atoms with Crippen molar-refractivity contribution in [3.8, 4) is 22.9 Å². The van der Waals surface area contributed by atoms with Crippen LogP contribution < -0.4 is 9.47 Å². The van der Waals surface area contributed by atoms with Gasteiger partial charge in [-0.25, -0.2) is 15.0 Å². The third-order valence-corrected chi connectivity index (χ3v) is 7.95. The minimum absolute atomic E-state index is 0.00963. The van der Waals surface area contributed by atoms with Gasteiger partial charge in [0, 0.05) is 24.0 Å². The van der Waals surface area contributed by atoms with Crippen LogP contribution in [0, 0.1) is 12.3 Å². The number of ketones is 1. The molecule has 3 aromatic rings. The first-order chi connectivity index (χ1) is 17.7. The number of hydrogen-bond acceptors (Lipinski definition) is 7. The van der Waals surface area contributed by atoms with E-state index in [1.165, 1.54) is 7.11 Å². The number of aromatic nitrogens is 3. The van der Waals surface area contributed by atoms with Crippen LogP contribution in [0.1, 0.15) is 36.6 Å². The molecule has 37 heavy (non-hydrogen) atoms. The lowest BCUT2D eigenvalue weighted by atomic mass is 9.96. The number of ether oxygens (including phenoxy) is 2. The minimum atomic E-state index is -0.434. The largest absolute Gasteiger partial charge is 0.497 e. The molecule has 1 saturated carbocycles. The van der Waals surface area contributed by atoms with Crippen molar-refractivity contribution in [1.29, 1.82) is 0 Å². The Hall–Kier alpha value is -3.33. The van der Waals surface area contributed by atoms with Gasteiger partial charge in [0.1, 0.15) is 10.4 Å². The number of methoxy groups -OCH3 is 2. The van der Waals surface area contributed by atoms with E-state index in [-0.39, 0.29) is 42.0 Å². The lowest BCUT2D eigenvalue weighted by Gasteiger charge is -2.27. The SMILES string of the molecule is COc1cc(CC(=O)N2[C@H](C(=O)Cc3nc(Br)ccc3C)C[C@@]3(C)C[C@@H]23)cc(-c2cnc(OC)nc2)c1. The van der Waals surface area contributed by atoms with Crippen LogP contribution in [0.25, 0.3) is 11.1 Å². The first kappa shape index (κ1) is 25.3. The summed E-state index contributed by atoms with van der Waals surface area (Å²) in [7, 11) is 3.11. The molecule has 1 saturated heterocycles. The summed E-state index contributed by atoms with van der Waals surface area (Å²) in [4.78, 5) is 41.8. The third-order valence-electron chi connectivity index (χ3n) is 7.51. The van der Waals surface area contributed by atoms with E-state index in [9.17, 15) is 9.59 Å². The average Bonchev–Trinajstić information content (AvgIpc) is 3.45. The van der Waals surface area contributed by atoms with E-state index in [0.29, 0.717) is 16.8 Å². The Labute approximate surface area is 224 Å². The van der Waals surface area contributed by atoms with Gasteiger partial charge in [0.15, 0.2) is 5.78 Å². The number of carbonyl (C=O) groups is 2. The maximum absolute atomic E-state index is 13.7. The highest BCUT2D eigenvalue weighted by atomic mass is 79.9. The van der Waals surface area contributed by atoms with Gasteiger partial charge in [-0.05, 0) is 76.0 Å². The highest BCUT2D eigenvalue weighted by Crippen LogP contribution is 2.59. The van der Waals surface area contributed by atoms with Crippen LogP contribution in [0.15, 0.2) is 47.3 Å². The summed E-state index contributed by atoms with van der Waals surface area (Å²) >= 11 is 3.40. The molecule has 1 aromatic carbocycles. The summed E-state index contributed by atoms with van der Waals surface area (Å²) in [5.41, 5.74) is 4.16. The standard InChI is InChI=1S/C28H29BrN4O4/c1-16-5-6-25(29)32-21(16)11-23(34)22-12-28(2)13-24(28)33(22)26(35)9-17-7-18(10-20(8-17)36-3)19-14-30-27(37-4)31-15-19/h5-8,10,14-15,22,24H,9,11-13H2,1-4H3/t22-,24+,28-/m0/s1. The summed E-state index contributed by atoms with van der Waals surface area (Å²) in [5.74, 6) is 0.628. The maximum Gasteiger partial charge on any atom is 0.316 e. The van der Waals surface area contributed by atoms with E-state index in [1.807, 2.05) is 42.2 Å². The van der Waals surface area contributed by atoms with Gasteiger partial charge in [-0.2, -0.15) is 0 Å². The van der Waals surface area contributed by atoms with E-state index >= 15 is 0 Å². The molecule has 3 atom stereocenters. The van der Waals surface area contributed by atoms with Crippen LogP contribution >= 0.6 is 15.9 Å². The Balaban J connectivity index is 1.37. The molecule has 8 nitrogen and oxygen atoms in total. The fraction of sp³-hybridized carbons (Fsp3) is 0.393. The Kier molecular flexibility index (Phi) is 6.74. The molecule has 5 rings (SSSR count). The van der Waals surface area contributed by atoms with E-state index in [4.69, 9.17) is 9.47 Å². The van der Waals surface area contributed by atoms with Crippen molar-refractivity contribution in [3.05, 3.63) is 64.1 Å². The zero-order valence-electron chi connectivity index (χ0n) is 21.3. The fourth-order valence-corrected chi connectivity index (χ4v) is 5.65. The molecular formula is C28H29BrN4O4.